The van der Waals surface area contributed by atoms with Crippen LogP contribution in [-0.4, -0.2) is 35.2 Å². The molecule has 1 aliphatic carbocycles. The third kappa shape index (κ3) is 3.32. The maximum atomic E-state index is 11.6. The van der Waals surface area contributed by atoms with Crippen molar-refractivity contribution in [3.05, 3.63) is 11.4 Å². The largest absolute Gasteiger partial charge is 0.464 e. The fourth-order valence-corrected chi connectivity index (χ4v) is 2.63. The Labute approximate surface area is 113 Å². The monoisotopic (exact) mass is 267 g/mol. The Hall–Kier alpha value is -1.43. The van der Waals surface area contributed by atoms with Crippen LogP contribution >= 0.6 is 0 Å². The van der Waals surface area contributed by atoms with Crippen LogP contribution in [0.1, 0.15) is 48.3 Å². The van der Waals surface area contributed by atoms with Crippen molar-refractivity contribution in [2.75, 3.05) is 14.2 Å². The molecule has 0 aromatic carbocycles. The minimum Gasteiger partial charge on any atom is -0.464 e. The lowest BCUT2D eigenvalue weighted by Crippen LogP contribution is -2.18. The lowest BCUT2D eigenvalue weighted by Gasteiger charge is -2.21. The van der Waals surface area contributed by atoms with E-state index in [9.17, 15) is 4.79 Å². The first kappa shape index (κ1) is 14.0. The Bertz CT molecular complexity index is 425. The molecular weight excluding hydrogens is 246 g/mol. The summed E-state index contributed by atoms with van der Waals surface area (Å²) in [6, 6.07) is 0. The highest BCUT2D eigenvalue weighted by Crippen LogP contribution is 2.25. The number of hydrogen-bond donors (Lipinski definition) is 0. The number of hydrogen-bond acceptors (Lipinski definition) is 5. The summed E-state index contributed by atoms with van der Waals surface area (Å²) in [7, 11) is 2.94. The summed E-state index contributed by atoms with van der Waals surface area (Å²) in [6.07, 6.45) is 6.33. The standard InChI is InChI=1S/C13H21N3O3/c1-18-9-11-12(13(17)19-2)14-15-16(11)8-10-6-4-3-5-7-10/h10H,3-9H2,1-2H3. The molecule has 2 rings (SSSR count). The molecule has 0 atom stereocenters. The zero-order chi connectivity index (χ0) is 13.7. The van der Waals surface area contributed by atoms with Crippen LogP contribution in [0, 0.1) is 5.92 Å². The second-order valence-electron chi connectivity index (χ2n) is 5.00. The zero-order valence-electron chi connectivity index (χ0n) is 11.6. The van der Waals surface area contributed by atoms with Crippen LogP contribution in [0.25, 0.3) is 0 Å². The van der Waals surface area contributed by atoms with Crippen molar-refractivity contribution in [1.82, 2.24) is 15.0 Å². The van der Waals surface area contributed by atoms with E-state index in [1.165, 1.54) is 39.2 Å². The fraction of sp³-hybridized carbons (Fsp3) is 0.769. The van der Waals surface area contributed by atoms with Crippen LogP contribution in [-0.2, 0) is 22.6 Å². The molecule has 0 N–H and O–H groups in total. The van der Waals surface area contributed by atoms with Crippen molar-refractivity contribution in [3.63, 3.8) is 0 Å². The SMILES string of the molecule is COCc1c(C(=O)OC)nnn1CC1CCCCC1. The minimum absolute atomic E-state index is 0.264. The first-order valence-corrected chi connectivity index (χ1v) is 6.76. The van der Waals surface area contributed by atoms with E-state index in [1.807, 2.05) is 0 Å². The highest BCUT2D eigenvalue weighted by atomic mass is 16.5. The first-order valence-electron chi connectivity index (χ1n) is 6.76. The van der Waals surface area contributed by atoms with Crippen molar-refractivity contribution in [1.29, 1.82) is 0 Å². The molecule has 0 saturated heterocycles. The molecule has 0 unspecified atom stereocenters. The smallest absolute Gasteiger partial charge is 0.360 e. The third-order valence-corrected chi connectivity index (χ3v) is 3.65. The number of aromatic nitrogens is 3. The first-order chi connectivity index (χ1) is 9.26. The summed E-state index contributed by atoms with van der Waals surface area (Å²) in [5, 5.41) is 8.01. The zero-order valence-corrected chi connectivity index (χ0v) is 11.6. The summed E-state index contributed by atoms with van der Waals surface area (Å²) >= 11 is 0. The van der Waals surface area contributed by atoms with Crippen molar-refractivity contribution in [3.8, 4) is 0 Å². The Morgan fingerprint density at radius 1 is 1.32 bits per heavy atom. The Kier molecular flexibility index (Phi) is 4.90. The molecular formula is C13H21N3O3. The van der Waals surface area contributed by atoms with Gasteiger partial charge in [-0.3, -0.25) is 0 Å². The van der Waals surface area contributed by atoms with Crippen LogP contribution < -0.4 is 0 Å². The number of esters is 1. The second-order valence-corrected chi connectivity index (χ2v) is 5.00. The summed E-state index contributed by atoms with van der Waals surface area (Å²) in [4.78, 5) is 11.6. The van der Waals surface area contributed by atoms with Gasteiger partial charge in [-0.05, 0) is 18.8 Å². The Morgan fingerprint density at radius 3 is 2.68 bits per heavy atom. The van der Waals surface area contributed by atoms with Crippen molar-refractivity contribution in [2.45, 2.75) is 45.3 Å². The molecule has 1 aliphatic rings. The van der Waals surface area contributed by atoms with Gasteiger partial charge in [-0.25, -0.2) is 9.48 Å². The predicted molar refractivity (Wildman–Crippen MR) is 68.6 cm³/mol. The quantitative estimate of drug-likeness (QED) is 0.761. The summed E-state index contributed by atoms with van der Waals surface area (Å²) in [5.74, 6) is 0.165. The summed E-state index contributed by atoms with van der Waals surface area (Å²) in [6.45, 7) is 1.13. The van der Waals surface area contributed by atoms with Crippen LogP contribution in [0.2, 0.25) is 0 Å². The van der Waals surface area contributed by atoms with Gasteiger partial charge in [0.1, 0.15) is 0 Å². The molecule has 0 aliphatic heterocycles. The lowest BCUT2D eigenvalue weighted by atomic mass is 9.89. The summed E-state index contributed by atoms with van der Waals surface area (Å²) < 4.78 is 11.7. The number of nitrogens with zero attached hydrogens (tertiary/aromatic N) is 3. The molecule has 1 saturated carbocycles. The van der Waals surface area contributed by atoms with E-state index in [0.717, 1.165) is 6.54 Å². The maximum absolute atomic E-state index is 11.6. The molecule has 106 valence electrons. The number of carbonyl (C=O) groups is 1. The van der Waals surface area contributed by atoms with Gasteiger partial charge in [-0.1, -0.05) is 24.5 Å². The van der Waals surface area contributed by atoms with Gasteiger partial charge in [0.25, 0.3) is 0 Å². The molecule has 19 heavy (non-hydrogen) atoms. The molecule has 1 aromatic rings. The maximum Gasteiger partial charge on any atom is 0.360 e. The fourth-order valence-electron chi connectivity index (χ4n) is 2.63. The van der Waals surface area contributed by atoms with E-state index in [0.29, 0.717) is 18.2 Å². The van der Waals surface area contributed by atoms with Gasteiger partial charge >= 0.3 is 5.97 Å². The van der Waals surface area contributed by atoms with Gasteiger partial charge in [-0.2, -0.15) is 0 Å². The minimum atomic E-state index is -0.457. The van der Waals surface area contributed by atoms with E-state index in [1.54, 1.807) is 11.8 Å². The normalized spacial score (nSPS) is 16.5. The lowest BCUT2D eigenvalue weighted by molar-refractivity contribution is 0.0588. The Morgan fingerprint density at radius 2 is 2.05 bits per heavy atom. The predicted octanol–water partition coefficient (Wildman–Crippen LogP) is 1.79. The van der Waals surface area contributed by atoms with Gasteiger partial charge in [-0.15, -0.1) is 5.10 Å². The van der Waals surface area contributed by atoms with Gasteiger partial charge in [0.05, 0.1) is 19.4 Å². The molecule has 0 bridgehead atoms. The third-order valence-electron chi connectivity index (χ3n) is 3.65. The van der Waals surface area contributed by atoms with Crippen LogP contribution in [0.15, 0.2) is 0 Å². The topological polar surface area (TPSA) is 66.2 Å². The Balaban J connectivity index is 2.14. The molecule has 1 fully saturated rings. The molecule has 0 amide bonds. The average molecular weight is 267 g/mol. The molecule has 6 heteroatoms. The van der Waals surface area contributed by atoms with Gasteiger partial charge in [0, 0.05) is 13.7 Å². The van der Waals surface area contributed by atoms with Crippen molar-refractivity contribution >= 4 is 5.97 Å². The van der Waals surface area contributed by atoms with Gasteiger partial charge in [0.2, 0.25) is 0 Å². The van der Waals surface area contributed by atoms with Crippen LogP contribution in [0.3, 0.4) is 0 Å². The highest BCUT2D eigenvalue weighted by molar-refractivity contribution is 5.88. The van der Waals surface area contributed by atoms with Crippen LogP contribution in [0.4, 0.5) is 0 Å². The van der Waals surface area contributed by atoms with Gasteiger partial charge < -0.3 is 9.47 Å². The summed E-state index contributed by atoms with van der Waals surface area (Å²) in [5.41, 5.74) is 0.972. The molecule has 0 spiro atoms. The highest BCUT2D eigenvalue weighted by Gasteiger charge is 2.22. The van der Waals surface area contributed by atoms with Crippen molar-refractivity contribution < 1.29 is 14.3 Å². The molecule has 1 heterocycles. The van der Waals surface area contributed by atoms with E-state index in [2.05, 4.69) is 10.3 Å². The molecule has 0 radical (unpaired) electrons. The number of carbonyl (C=O) groups excluding carboxylic acids is 1. The molecule has 1 aromatic heterocycles. The van der Waals surface area contributed by atoms with Crippen LogP contribution in [0.5, 0.6) is 0 Å². The molecule has 6 nitrogen and oxygen atoms in total. The van der Waals surface area contributed by atoms with Gasteiger partial charge in [0.15, 0.2) is 5.69 Å². The number of rotatable bonds is 5. The van der Waals surface area contributed by atoms with E-state index >= 15 is 0 Å². The van der Waals surface area contributed by atoms with E-state index in [-0.39, 0.29) is 5.69 Å². The number of methoxy groups -OCH3 is 2. The average Bonchev–Trinajstić information content (AvgIpc) is 2.83. The second kappa shape index (κ2) is 6.65. The van der Waals surface area contributed by atoms with Crippen molar-refractivity contribution in [2.24, 2.45) is 5.92 Å². The van der Waals surface area contributed by atoms with E-state index in [4.69, 9.17) is 9.47 Å². The van der Waals surface area contributed by atoms with E-state index < -0.39 is 5.97 Å². The number of ether oxygens (including phenoxy) is 2.